The van der Waals surface area contributed by atoms with E-state index in [0.717, 1.165) is 21.2 Å². The van der Waals surface area contributed by atoms with Gasteiger partial charge in [0, 0.05) is 22.6 Å². The average Bonchev–Trinajstić information content (AvgIpc) is 2.74. The van der Waals surface area contributed by atoms with Crippen molar-refractivity contribution in [3.05, 3.63) is 92.4 Å². The summed E-state index contributed by atoms with van der Waals surface area (Å²) in [5.41, 5.74) is 3.27. The number of benzene rings is 3. The maximum absolute atomic E-state index is 10.9. The molecule has 0 spiro atoms. The molecule has 0 aliphatic heterocycles. The summed E-state index contributed by atoms with van der Waals surface area (Å²) in [5.74, 6) is 0.350. The zero-order valence-electron chi connectivity index (χ0n) is 16.3. The topological polar surface area (TPSA) is 67.8 Å². The van der Waals surface area contributed by atoms with Crippen LogP contribution in [0.25, 0.3) is 0 Å². The second-order valence-corrected chi connectivity index (χ2v) is 7.91. The summed E-state index contributed by atoms with van der Waals surface area (Å²) < 4.78 is 12.3. The summed E-state index contributed by atoms with van der Waals surface area (Å²) in [6.07, 6.45) is 0. The first-order valence-electron chi connectivity index (χ1n) is 9.23. The van der Waals surface area contributed by atoms with Crippen molar-refractivity contribution < 1.29 is 19.4 Å². The van der Waals surface area contributed by atoms with Crippen LogP contribution in [0.1, 0.15) is 27.0 Å². The van der Waals surface area contributed by atoms with E-state index in [-0.39, 0.29) is 5.56 Å². The van der Waals surface area contributed by atoms with Crippen molar-refractivity contribution in [1.29, 1.82) is 0 Å². The van der Waals surface area contributed by atoms with E-state index in [1.165, 1.54) is 0 Å². The highest BCUT2D eigenvalue weighted by molar-refractivity contribution is 9.10. The summed E-state index contributed by atoms with van der Waals surface area (Å²) in [5, 5.41) is 13.0. The Morgan fingerprint density at radius 3 is 2.47 bits per heavy atom. The fourth-order valence-electron chi connectivity index (χ4n) is 2.88. The molecule has 0 heterocycles. The minimum absolute atomic E-state index is 0.277. The maximum atomic E-state index is 10.9. The van der Waals surface area contributed by atoms with Gasteiger partial charge in [-0.3, -0.25) is 0 Å². The molecule has 0 unspecified atom stereocenters. The van der Waals surface area contributed by atoms with Gasteiger partial charge in [0.1, 0.15) is 6.61 Å². The van der Waals surface area contributed by atoms with Gasteiger partial charge in [-0.1, -0.05) is 51.8 Å². The maximum Gasteiger partial charge on any atom is 0.335 e. The van der Waals surface area contributed by atoms with E-state index in [9.17, 15) is 4.79 Å². The summed E-state index contributed by atoms with van der Waals surface area (Å²) in [7, 11) is 1.61. The second-order valence-electron chi connectivity index (χ2n) is 6.62. The van der Waals surface area contributed by atoms with E-state index in [4.69, 9.17) is 26.2 Å². The number of carboxylic acids is 1. The molecular weight excluding hydrogens is 470 g/mol. The molecule has 2 N–H and O–H groups in total. The number of carboxylic acid groups (broad SMARTS) is 1. The predicted molar refractivity (Wildman–Crippen MR) is 120 cm³/mol. The van der Waals surface area contributed by atoms with Crippen molar-refractivity contribution in [3.63, 3.8) is 0 Å². The normalized spacial score (nSPS) is 10.6. The van der Waals surface area contributed by atoms with Crippen LogP contribution in [0.2, 0.25) is 5.02 Å². The van der Waals surface area contributed by atoms with Crippen molar-refractivity contribution in [3.8, 4) is 11.5 Å². The largest absolute Gasteiger partial charge is 0.493 e. The lowest BCUT2D eigenvalue weighted by atomic mass is 10.1. The number of hydrogen-bond acceptors (Lipinski definition) is 4. The number of halogens is 2. The second kappa shape index (κ2) is 10.5. The van der Waals surface area contributed by atoms with Crippen LogP contribution in [0, 0.1) is 0 Å². The fourth-order valence-corrected chi connectivity index (χ4v) is 3.55. The van der Waals surface area contributed by atoms with E-state index < -0.39 is 5.97 Å². The molecule has 0 aliphatic carbocycles. The zero-order chi connectivity index (χ0) is 21.5. The van der Waals surface area contributed by atoms with Gasteiger partial charge >= 0.3 is 5.97 Å². The molecule has 0 bridgehead atoms. The number of hydrogen-bond donors (Lipinski definition) is 2. The number of rotatable bonds is 9. The van der Waals surface area contributed by atoms with Gasteiger partial charge in [0.15, 0.2) is 11.5 Å². The Bertz CT molecular complexity index is 1020. The molecule has 0 saturated carbocycles. The van der Waals surface area contributed by atoms with E-state index in [2.05, 4.69) is 21.2 Å². The van der Waals surface area contributed by atoms with Gasteiger partial charge in [0.2, 0.25) is 0 Å². The van der Waals surface area contributed by atoms with E-state index >= 15 is 0 Å². The van der Waals surface area contributed by atoms with Crippen LogP contribution in [0.15, 0.2) is 65.1 Å². The van der Waals surface area contributed by atoms with Crippen molar-refractivity contribution >= 4 is 33.5 Å². The molecule has 5 nitrogen and oxygen atoms in total. The highest BCUT2D eigenvalue weighted by Gasteiger charge is 2.11. The SMILES string of the molecule is COc1cc(CNCc2ccc(C(=O)O)cc2)c(Br)cc1OCc1cccc(Cl)c1. The molecule has 0 radical (unpaired) electrons. The van der Waals surface area contributed by atoms with Crippen LogP contribution in [-0.2, 0) is 19.7 Å². The molecule has 0 aliphatic rings. The van der Waals surface area contributed by atoms with Gasteiger partial charge in [0.05, 0.1) is 12.7 Å². The quantitative estimate of drug-likeness (QED) is 0.404. The molecule has 7 heteroatoms. The van der Waals surface area contributed by atoms with Crippen LogP contribution in [0.4, 0.5) is 0 Å². The fraction of sp³-hybridized carbons (Fsp3) is 0.174. The van der Waals surface area contributed by atoms with Crippen LogP contribution >= 0.6 is 27.5 Å². The lowest BCUT2D eigenvalue weighted by Crippen LogP contribution is -2.13. The lowest BCUT2D eigenvalue weighted by Gasteiger charge is -2.15. The number of ether oxygens (including phenoxy) is 2. The number of carbonyl (C=O) groups is 1. The Kier molecular flexibility index (Phi) is 7.74. The Morgan fingerprint density at radius 2 is 1.80 bits per heavy atom. The molecule has 0 amide bonds. The van der Waals surface area contributed by atoms with Crippen LogP contribution < -0.4 is 14.8 Å². The Balaban J connectivity index is 1.62. The molecule has 156 valence electrons. The molecule has 0 atom stereocenters. The average molecular weight is 491 g/mol. The standard InChI is InChI=1S/C23H21BrClNO4/c1-29-21-10-18(13-26-12-15-5-7-17(8-6-15)23(27)28)20(24)11-22(21)30-14-16-3-2-4-19(25)9-16/h2-11,26H,12-14H2,1H3,(H,27,28). The van der Waals surface area contributed by atoms with Gasteiger partial charge < -0.3 is 19.9 Å². The number of nitrogens with one attached hydrogen (secondary N) is 1. The van der Waals surface area contributed by atoms with Gasteiger partial charge in [-0.2, -0.15) is 0 Å². The molecule has 0 fully saturated rings. The minimum Gasteiger partial charge on any atom is -0.493 e. The highest BCUT2D eigenvalue weighted by atomic mass is 79.9. The Labute approximate surface area is 188 Å². The first kappa shape index (κ1) is 22.2. The zero-order valence-corrected chi connectivity index (χ0v) is 18.7. The highest BCUT2D eigenvalue weighted by Crippen LogP contribution is 2.34. The Morgan fingerprint density at radius 1 is 1.03 bits per heavy atom. The van der Waals surface area contributed by atoms with Crippen LogP contribution in [-0.4, -0.2) is 18.2 Å². The third kappa shape index (κ3) is 5.98. The number of methoxy groups -OCH3 is 1. The minimum atomic E-state index is -0.928. The van der Waals surface area contributed by atoms with Crippen molar-refractivity contribution in [2.24, 2.45) is 0 Å². The number of aromatic carboxylic acids is 1. The molecule has 3 rings (SSSR count). The molecule has 30 heavy (non-hydrogen) atoms. The first-order chi connectivity index (χ1) is 14.5. The summed E-state index contributed by atoms with van der Waals surface area (Å²) in [4.78, 5) is 10.9. The van der Waals surface area contributed by atoms with Crippen molar-refractivity contribution in [2.45, 2.75) is 19.7 Å². The van der Waals surface area contributed by atoms with Crippen LogP contribution in [0.3, 0.4) is 0 Å². The smallest absolute Gasteiger partial charge is 0.335 e. The van der Waals surface area contributed by atoms with Gasteiger partial charge in [-0.05, 0) is 53.1 Å². The third-order valence-corrected chi connectivity index (χ3v) is 5.43. The lowest BCUT2D eigenvalue weighted by molar-refractivity contribution is 0.0697. The third-order valence-electron chi connectivity index (χ3n) is 4.46. The molecule has 0 aromatic heterocycles. The summed E-state index contributed by atoms with van der Waals surface area (Å²) in [6.45, 7) is 1.60. The molecule has 0 saturated heterocycles. The van der Waals surface area contributed by atoms with Gasteiger partial charge in [0.25, 0.3) is 0 Å². The van der Waals surface area contributed by atoms with Crippen molar-refractivity contribution in [2.75, 3.05) is 7.11 Å². The molecule has 3 aromatic carbocycles. The van der Waals surface area contributed by atoms with E-state index in [0.29, 0.717) is 36.2 Å². The van der Waals surface area contributed by atoms with Crippen LogP contribution in [0.5, 0.6) is 11.5 Å². The monoisotopic (exact) mass is 489 g/mol. The summed E-state index contributed by atoms with van der Waals surface area (Å²) in [6, 6.07) is 18.2. The van der Waals surface area contributed by atoms with Crippen molar-refractivity contribution in [1.82, 2.24) is 5.32 Å². The predicted octanol–water partition coefficient (Wildman–Crippen LogP) is 5.68. The molecular formula is C23H21BrClNO4. The van der Waals surface area contributed by atoms with Gasteiger partial charge in [-0.15, -0.1) is 0 Å². The van der Waals surface area contributed by atoms with E-state index in [1.807, 2.05) is 36.4 Å². The van der Waals surface area contributed by atoms with Gasteiger partial charge in [-0.25, -0.2) is 4.79 Å². The summed E-state index contributed by atoms with van der Waals surface area (Å²) >= 11 is 9.62. The first-order valence-corrected chi connectivity index (χ1v) is 10.4. The van der Waals surface area contributed by atoms with E-state index in [1.54, 1.807) is 31.4 Å². The Hall–Kier alpha value is -2.54. The molecule has 3 aromatic rings.